The van der Waals surface area contributed by atoms with Crippen molar-refractivity contribution in [3.63, 3.8) is 0 Å². The standard InChI is InChI=1S/C22H17BrN2OS/c1-13-10-16(21(26)20(23)14(13)2)12-24-17-7-5-6-15(11-17)22-25-18-8-3-4-9-19(18)27-22/h3-12,26H,1-2H3. The van der Waals surface area contributed by atoms with Gasteiger partial charge in [-0.2, -0.15) is 0 Å². The summed E-state index contributed by atoms with van der Waals surface area (Å²) in [7, 11) is 0. The molecular weight excluding hydrogens is 420 g/mol. The average Bonchev–Trinajstić information content (AvgIpc) is 3.13. The van der Waals surface area contributed by atoms with Gasteiger partial charge in [0, 0.05) is 17.3 Å². The summed E-state index contributed by atoms with van der Waals surface area (Å²) >= 11 is 5.12. The smallest absolute Gasteiger partial charge is 0.138 e. The second kappa shape index (κ2) is 7.25. The summed E-state index contributed by atoms with van der Waals surface area (Å²) in [6, 6.07) is 18.1. The quantitative estimate of drug-likeness (QED) is 0.358. The number of nitrogens with zero attached hydrogens (tertiary/aromatic N) is 2. The Hall–Kier alpha value is -2.50. The van der Waals surface area contributed by atoms with Gasteiger partial charge in [-0.3, -0.25) is 4.99 Å². The predicted molar refractivity (Wildman–Crippen MR) is 118 cm³/mol. The summed E-state index contributed by atoms with van der Waals surface area (Å²) in [5.74, 6) is 0.212. The molecule has 3 aromatic carbocycles. The van der Waals surface area contributed by atoms with E-state index in [0.717, 1.165) is 32.9 Å². The highest BCUT2D eigenvalue weighted by atomic mass is 79.9. The highest BCUT2D eigenvalue weighted by molar-refractivity contribution is 9.10. The number of aliphatic imine (C=N–C) groups is 1. The van der Waals surface area contributed by atoms with Crippen molar-refractivity contribution in [3.05, 3.63) is 75.8 Å². The van der Waals surface area contributed by atoms with Gasteiger partial charge < -0.3 is 5.11 Å². The molecule has 1 heterocycles. The van der Waals surface area contributed by atoms with Crippen LogP contribution in [-0.2, 0) is 0 Å². The molecule has 5 heteroatoms. The normalized spacial score (nSPS) is 11.5. The number of rotatable bonds is 3. The van der Waals surface area contributed by atoms with E-state index in [2.05, 4.69) is 27.0 Å². The number of thiazole rings is 1. The first-order valence-corrected chi connectivity index (χ1v) is 10.1. The van der Waals surface area contributed by atoms with E-state index in [1.165, 1.54) is 4.70 Å². The van der Waals surface area contributed by atoms with Crippen molar-refractivity contribution < 1.29 is 5.11 Å². The lowest BCUT2D eigenvalue weighted by molar-refractivity contribution is 0.470. The molecule has 4 aromatic rings. The van der Waals surface area contributed by atoms with Gasteiger partial charge in [0.2, 0.25) is 0 Å². The Labute approximate surface area is 170 Å². The fraction of sp³-hybridized carbons (Fsp3) is 0.0909. The Bertz CT molecular complexity index is 1150. The zero-order valence-electron chi connectivity index (χ0n) is 14.9. The Morgan fingerprint density at radius 1 is 1.07 bits per heavy atom. The minimum atomic E-state index is 0.212. The fourth-order valence-electron chi connectivity index (χ4n) is 2.84. The Balaban J connectivity index is 1.68. The number of halogens is 1. The van der Waals surface area contributed by atoms with E-state index in [4.69, 9.17) is 4.98 Å². The summed E-state index contributed by atoms with van der Waals surface area (Å²) in [6.07, 6.45) is 1.70. The third-order valence-corrected chi connectivity index (χ3v) is 6.57. The molecule has 0 aliphatic heterocycles. The van der Waals surface area contributed by atoms with Crippen LogP contribution < -0.4 is 0 Å². The number of aromatic nitrogens is 1. The molecule has 27 heavy (non-hydrogen) atoms. The zero-order chi connectivity index (χ0) is 19.0. The van der Waals surface area contributed by atoms with E-state index in [0.29, 0.717) is 10.0 Å². The number of fused-ring (bicyclic) bond motifs is 1. The predicted octanol–water partition coefficient (Wildman–Crippen LogP) is 6.80. The number of hydrogen-bond acceptors (Lipinski definition) is 4. The molecule has 0 unspecified atom stereocenters. The first-order valence-electron chi connectivity index (χ1n) is 8.51. The molecule has 0 bridgehead atoms. The molecule has 134 valence electrons. The molecule has 1 aromatic heterocycles. The van der Waals surface area contributed by atoms with Crippen molar-refractivity contribution >= 4 is 49.4 Å². The maximum absolute atomic E-state index is 10.3. The van der Waals surface area contributed by atoms with Crippen LogP contribution in [0.2, 0.25) is 0 Å². The number of phenolic OH excluding ortho intramolecular Hbond substituents is 1. The van der Waals surface area contributed by atoms with Crippen LogP contribution in [0.5, 0.6) is 5.75 Å². The van der Waals surface area contributed by atoms with E-state index in [-0.39, 0.29) is 5.75 Å². The molecule has 0 aliphatic rings. The van der Waals surface area contributed by atoms with E-state index in [9.17, 15) is 5.11 Å². The number of phenols is 1. The minimum Gasteiger partial charge on any atom is -0.506 e. The molecule has 0 spiro atoms. The van der Waals surface area contributed by atoms with Crippen molar-refractivity contribution in [1.29, 1.82) is 0 Å². The fourth-order valence-corrected chi connectivity index (χ4v) is 4.35. The van der Waals surface area contributed by atoms with Crippen LogP contribution in [0.1, 0.15) is 16.7 Å². The number of aryl methyl sites for hydroxylation is 1. The number of hydrogen-bond donors (Lipinski definition) is 1. The van der Waals surface area contributed by atoms with E-state index in [1.807, 2.05) is 62.4 Å². The lowest BCUT2D eigenvalue weighted by atomic mass is 10.1. The Morgan fingerprint density at radius 3 is 2.70 bits per heavy atom. The van der Waals surface area contributed by atoms with Crippen molar-refractivity contribution in [1.82, 2.24) is 4.98 Å². The lowest BCUT2D eigenvalue weighted by Crippen LogP contribution is -1.90. The van der Waals surface area contributed by atoms with Crippen molar-refractivity contribution in [3.8, 4) is 16.3 Å². The van der Waals surface area contributed by atoms with Gasteiger partial charge in [-0.05, 0) is 71.2 Å². The monoisotopic (exact) mass is 436 g/mol. The summed E-state index contributed by atoms with van der Waals surface area (Å²) in [4.78, 5) is 9.27. The Morgan fingerprint density at radius 2 is 1.89 bits per heavy atom. The molecule has 0 saturated carbocycles. The van der Waals surface area contributed by atoms with Crippen LogP contribution in [-0.4, -0.2) is 16.3 Å². The molecule has 0 saturated heterocycles. The van der Waals surface area contributed by atoms with Crippen LogP contribution in [0.4, 0.5) is 5.69 Å². The topological polar surface area (TPSA) is 45.5 Å². The van der Waals surface area contributed by atoms with E-state index >= 15 is 0 Å². The van der Waals surface area contributed by atoms with Crippen LogP contribution >= 0.6 is 27.3 Å². The summed E-state index contributed by atoms with van der Waals surface area (Å²) in [6.45, 7) is 3.99. The highest BCUT2D eigenvalue weighted by Crippen LogP contribution is 2.34. The van der Waals surface area contributed by atoms with Gasteiger partial charge in [0.05, 0.1) is 20.4 Å². The number of benzene rings is 3. The van der Waals surface area contributed by atoms with Crippen molar-refractivity contribution in [2.24, 2.45) is 4.99 Å². The van der Waals surface area contributed by atoms with Gasteiger partial charge in [0.1, 0.15) is 10.8 Å². The molecule has 0 aliphatic carbocycles. The molecule has 4 rings (SSSR count). The first-order chi connectivity index (χ1) is 13.0. The van der Waals surface area contributed by atoms with Gasteiger partial charge in [0.25, 0.3) is 0 Å². The molecule has 0 fully saturated rings. The lowest BCUT2D eigenvalue weighted by Gasteiger charge is -2.08. The second-order valence-electron chi connectivity index (χ2n) is 6.37. The second-order valence-corrected chi connectivity index (χ2v) is 8.19. The largest absolute Gasteiger partial charge is 0.506 e. The molecular formula is C22H17BrN2OS. The molecule has 1 N–H and O–H groups in total. The molecule has 0 amide bonds. The Kier molecular flexibility index (Phi) is 4.81. The SMILES string of the molecule is Cc1cc(C=Nc2cccc(-c3nc4ccccc4s3)c2)c(O)c(Br)c1C. The summed E-state index contributed by atoms with van der Waals surface area (Å²) in [5, 5.41) is 11.3. The third kappa shape index (κ3) is 3.53. The van der Waals surface area contributed by atoms with Crippen LogP contribution in [0.3, 0.4) is 0 Å². The molecule has 3 nitrogen and oxygen atoms in total. The third-order valence-electron chi connectivity index (χ3n) is 4.51. The summed E-state index contributed by atoms with van der Waals surface area (Å²) in [5.41, 5.74) is 5.69. The van der Waals surface area contributed by atoms with Crippen molar-refractivity contribution in [2.45, 2.75) is 13.8 Å². The van der Waals surface area contributed by atoms with Gasteiger partial charge in [-0.25, -0.2) is 4.98 Å². The maximum atomic E-state index is 10.3. The van der Waals surface area contributed by atoms with E-state index < -0.39 is 0 Å². The minimum absolute atomic E-state index is 0.212. The van der Waals surface area contributed by atoms with Gasteiger partial charge in [-0.15, -0.1) is 11.3 Å². The number of aromatic hydroxyl groups is 1. The van der Waals surface area contributed by atoms with Gasteiger partial charge in [-0.1, -0.05) is 24.3 Å². The maximum Gasteiger partial charge on any atom is 0.138 e. The first kappa shape index (κ1) is 17.9. The highest BCUT2D eigenvalue weighted by Gasteiger charge is 2.10. The van der Waals surface area contributed by atoms with Crippen LogP contribution in [0, 0.1) is 13.8 Å². The average molecular weight is 437 g/mol. The van der Waals surface area contributed by atoms with E-state index in [1.54, 1.807) is 17.6 Å². The van der Waals surface area contributed by atoms with Crippen LogP contribution in [0.15, 0.2) is 64.1 Å². The zero-order valence-corrected chi connectivity index (χ0v) is 17.3. The summed E-state index contributed by atoms with van der Waals surface area (Å²) < 4.78 is 1.89. The molecule has 0 radical (unpaired) electrons. The number of para-hydroxylation sites is 1. The molecule has 0 atom stereocenters. The van der Waals surface area contributed by atoms with Gasteiger partial charge in [0.15, 0.2) is 0 Å². The van der Waals surface area contributed by atoms with Crippen molar-refractivity contribution in [2.75, 3.05) is 0 Å². The van der Waals surface area contributed by atoms with Crippen LogP contribution in [0.25, 0.3) is 20.8 Å². The van der Waals surface area contributed by atoms with Gasteiger partial charge >= 0.3 is 0 Å².